The lowest BCUT2D eigenvalue weighted by atomic mass is 9.85. The molecule has 0 aromatic heterocycles. The number of nitrogens with one attached hydrogen (secondary N) is 1. The first-order chi connectivity index (χ1) is 8.97. The van der Waals surface area contributed by atoms with E-state index in [4.69, 9.17) is 5.11 Å². The maximum absolute atomic E-state index is 13.5. The number of rotatable bonds is 3. The molecule has 2 rings (SSSR count). The van der Waals surface area contributed by atoms with Crippen LogP contribution in [-0.4, -0.2) is 17.1 Å². The molecule has 1 aliphatic rings. The predicted molar refractivity (Wildman–Crippen MR) is 75.8 cm³/mol. The van der Waals surface area contributed by atoms with Crippen LogP contribution >= 0.6 is 15.9 Å². The zero-order valence-corrected chi connectivity index (χ0v) is 12.3. The third-order valence-electron chi connectivity index (χ3n) is 3.65. The first kappa shape index (κ1) is 14.3. The summed E-state index contributed by atoms with van der Waals surface area (Å²) >= 11 is 3.15. The zero-order chi connectivity index (χ0) is 14.0. The minimum atomic E-state index is -0.731. The van der Waals surface area contributed by atoms with Crippen LogP contribution in [0.3, 0.4) is 0 Å². The standard InChI is InChI=1S/C14H17BrFNO2/c1-8-5-11(15)12(16)7-13(8)17-10-4-2-3-9(6-10)14(18)19/h5,7,9-10,17H,2-4,6H2,1H3,(H,18,19). The quantitative estimate of drug-likeness (QED) is 0.882. The van der Waals surface area contributed by atoms with Crippen molar-refractivity contribution in [2.45, 2.75) is 38.6 Å². The van der Waals surface area contributed by atoms with E-state index in [1.165, 1.54) is 6.07 Å². The Bertz CT molecular complexity index is 493. The van der Waals surface area contributed by atoms with Gasteiger partial charge in [-0.05, 0) is 59.8 Å². The molecule has 0 radical (unpaired) electrons. The van der Waals surface area contributed by atoms with Gasteiger partial charge in [0.15, 0.2) is 0 Å². The summed E-state index contributed by atoms with van der Waals surface area (Å²) in [5, 5.41) is 12.3. The molecule has 2 unspecified atom stereocenters. The second kappa shape index (κ2) is 5.90. The molecule has 1 aliphatic carbocycles. The van der Waals surface area contributed by atoms with E-state index in [1.54, 1.807) is 6.07 Å². The van der Waals surface area contributed by atoms with Crippen LogP contribution in [0.1, 0.15) is 31.2 Å². The second-order valence-corrected chi connectivity index (χ2v) is 5.98. The summed E-state index contributed by atoms with van der Waals surface area (Å²) in [6.45, 7) is 1.91. The topological polar surface area (TPSA) is 49.3 Å². The molecule has 19 heavy (non-hydrogen) atoms. The van der Waals surface area contributed by atoms with Crippen molar-refractivity contribution in [2.24, 2.45) is 5.92 Å². The van der Waals surface area contributed by atoms with Gasteiger partial charge in [-0.25, -0.2) is 4.39 Å². The third-order valence-corrected chi connectivity index (χ3v) is 4.26. The normalized spacial score (nSPS) is 23.1. The molecule has 0 bridgehead atoms. The van der Waals surface area contributed by atoms with Crippen molar-refractivity contribution in [1.29, 1.82) is 0 Å². The Labute approximate surface area is 120 Å². The van der Waals surface area contributed by atoms with Crippen LogP contribution in [0.4, 0.5) is 10.1 Å². The largest absolute Gasteiger partial charge is 0.481 e. The lowest BCUT2D eigenvalue weighted by Gasteiger charge is -2.28. The number of carboxylic acid groups (broad SMARTS) is 1. The molecule has 1 fully saturated rings. The fraction of sp³-hybridized carbons (Fsp3) is 0.500. The second-order valence-electron chi connectivity index (χ2n) is 5.12. The summed E-state index contributed by atoms with van der Waals surface area (Å²) in [5.41, 5.74) is 1.70. The average molecular weight is 330 g/mol. The van der Waals surface area contributed by atoms with E-state index in [9.17, 15) is 9.18 Å². The van der Waals surface area contributed by atoms with Gasteiger partial charge in [-0.3, -0.25) is 4.79 Å². The minimum absolute atomic E-state index is 0.106. The van der Waals surface area contributed by atoms with Crippen LogP contribution in [0.5, 0.6) is 0 Å². The third kappa shape index (κ3) is 3.47. The number of anilines is 1. The summed E-state index contributed by atoms with van der Waals surface area (Å²) in [6, 6.07) is 3.30. The van der Waals surface area contributed by atoms with Gasteiger partial charge in [0.1, 0.15) is 5.82 Å². The van der Waals surface area contributed by atoms with Gasteiger partial charge in [-0.15, -0.1) is 0 Å². The molecular formula is C14H17BrFNO2. The Balaban J connectivity index is 2.08. The van der Waals surface area contributed by atoms with Crippen molar-refractivity contribution in [2.75, 3.05) is 5.32 Å². The highest BCUT2D eigenvalue weighted by molar-refractivity contribution is 9.10. The molecule has 2 atom stereocenters. The number of benzene rings is 1. The molecule has 2 N–H and O–H groups in total. The summed E-state index contributed by atoms with van der Waals surface area (Å²) in [5.74, 6) is -1.32. The molecule has 0 amide bonds. The number of aryl methyl sites for hydroxylation is 1. The molecule has 1 aromatic rings. The van der Waals surface area contributed by atoms with E-state index in [0.717, 1.165) is 30.5 Å². The highest BCUT2D eigenvalue weighted by atomic mass is 79.9. The molecule has 1 saturated carbocycles. The van der Waals surface area contributed by atoms with E-state index in [2.05, 4.69) is 21.2 Å². The fourth-order valence-corrected chi connectivity index (χ4v) is 3.02. The number of carbonyl (C=O) groups is 1. The SMILES string of the molecule is Cc1cc(Br)c(F)cc1NC1CCCC(C(=O)O)C1. The predicted octanol–water partition coefficient (Wildman–Crippen LogP) is 3.95. The molecule has 0 aliphatic heterocycles. The van der Waals surface area contributed by atoms with Gasteiger partial charge in [0.05, 0.1) is 10.4 Å². The Morgan fingerprint density at radius 2 is 2.21 bits per heavy atom. The van der Waals surface area contributed by atoms with Crippen molar-refractivity contribution in [1.82, 2.24) is 0 Å². The number of aliphatic carboxylic acids is 1. The van der Waals surface area contributed by atoms with Gasteiger partial charge in [0.2, 0.25) is 0 Å². The number of carboxylic acids is 1. The summed E-state index contributed by atoms with van der Waals surface area (Å²) in [4.78, 5) is 11.0. The van der Waals surface area contributed by atoms with Crippen LogP contribution in [-0.2, 0) is 4.79 Å². The Morgan fingerprint density at radius 3 is 2.89 bits per heavy atom. The molecule has 0 spiro atoms. The summed E-state index contributed by atoms with van der Waals surface area (Å²) in [6.07, 6.45) is 3.17. The van der Waals surface area contributed by atoms with Gasteiger partial charge >= 0.3 is 5.97 Å². The van der Waals surface area contributed by atoms with Gasteiger partial charge in [-0.2, -0.15) is 0 Å². The highest BCUT2D eigenvalue weighted by Gasteiger charge is 2.27. The first-order valence-corrected chi connectivity index (χ1v) is 7.21. The Morgan fingerprint density at radius 1 is 1.47 bits per heavy atom. The molecule has 0 heterocycles. The lowest BCUT2D eigenvalue weighted by Crippen LogP contribution is -2.31. The Hall–Kier alpha value is -1.10. The highest BCUT2D eigenvalue weighted by Crippen LogP contribution is 2.29. The number of halogens is 2. The van der Waals surface area contributed by atoms with Crippen LogP contribution in [0.25, 0.3) is 0 Å². The van der Waals surface area contributed by atoms with E-state index in [0.29, 0.717) is 10.9 Å². The zero-order valence-electron chi connectivity index (χ0n) is 10.7. The van der Waals surface area contributed by atoms with E-state index < -0.39 is 5.97 Å². The average Bonchev–Trinajstić information content (AvgIpc) is 2.36. The number of hydrogen-bond donors (Lipinski definition) is 2. The fourth-order valence-electron chi connectivity index (χ4n) is 2.57. The van der Waals surface area contributed by atoms with E-state index >= 15 is 0 Å². The molecule has 5 heteroatoms. The maximum Gasteiger partial charge on any atom is 0.306 e. The van der Waals surface area contributed by atoms with E-state index in [-0.39, 0.29) is 17.8 Å². The Kier molecular flexibility index (Phi) is 4.45. The van der Waals surface area contributed by atoms with Crippen molar-refractivity contribution in [3.05, 3.63) is 28.0 Å². The molecule has 104 valence electrons. The molecular weight excluding hydrogens is 313 g/mol. The van der Waals surface area contributed by atoms with Gasteiger partial charge in [0.25, 0.3) is 0 Å². The minimum Gasteiger partial charge on any atom is -0.481 e. The van der Waals surface area contributed by atoms with Crippen molar-refractivity contribution >= 4 is 27.6 Å². The smallest absolute Gasteiger partial charge is 0.306 e. The summed E-state index contributed by atoms with van der Waals surface area (Å²) in [7, 11) is 0. The maximum atomic E-state index is 13.5. The van der Waals surface area contributed by atoms with Crippen LogP contribution in [0, 0.1) is 18.7 Å². The monoisotopic (exact) mass is 329 g/mol. The summed E-state index contributed by atoms with van der Waals surface area (Å²) < 4.78 is 14.0. The van der Waals surface area contributed by atoms with Crippen molar-refractivity contribution in [3.8, 4) is 0 Å². The number of hydrogen-bond acceptors (Lipinski definition) is 2. The van der Waals surface area contributed by atoms with Gasteiger partial charge in [0, 0.05) is 11.7 Å². The van der Waals surface area contributed by atoms with Gasteiger partial charge < -0.3 is 10.4 Å². The van der Waals surface area contributed by atoms with Crippen molar-refractivity contribution < 1.29 is 14.3 Å². The van der Waals surface area contributed by atoms with E-state index in [1.807, 2.05) is 6.92 Å². The molecule has 3 nitrogen and oxygen atoms in total. The molecule has 0 saturated heterocycles. The van der Waals surface area contributed by atoms with Gasteiger partial charge in [-0.1, -0.05) is 6.42 Å². The molecule has 1 aromatic carbocycles. The van der Waals surface area contributed by atoms with Crippen molar-refractivity contribution in [3.63, 3.8) is 0 Å². The van der Waals surface area contributed by atoms with Crippen LogP contribution in [0.15, 0.2) is 16.6 Å². The van der Waals surface area contributed by atoms with Crippen LogP contribution in [0.2, 0.25) is 0 Å². The first-order valence-electron chi connectivity index (χ1n) is 6.42. The van der Waals surface area contributed by atoms with Crippen LogP contribution < -0.4 is 5.32 Å². The lowest BCUT2D eigenvalue weighted by molar-refractivity contribution is -0.142.